The van der Waals surface area contributed by atoms with Gasteiger partial charge in [0.05, 0.1) is 30.4 Å². The van der Waals surface area contributed by atoms with Gasteiger partial charge in [-0.1, -0.05) is 35.9 Å². The van der Waals surface area contributed by atoms with Crippen molar-refractivity contribution in [3.05, 3.63) is 91.1 Å². The Labute approximate surface area is 189 Å². The van der Waals surface area contributed by atoms with Crippen LogP contribution < -0.4 is 5.32 Å². The highest BCUT2D eigenvalue weighted by molar-refractivity contribution is 7.12. The van der Waals surface area contributed by atoms with Gasteiger partial charge < -0.3 is 15.2 Å². The molecule has 160 valence electrons. The second kappa shape index (κ2) is 9.22. The van der Waals surface area contributed by atoms with Crippen LogP contribution in [0.25, 0.3) is 0 Å². The zero-order valence-corrected chi connectivity index (χ0v) is 18.6. The van der Waals surface area contributed by atoms with Gasteiger partial charge in [0.2, 0.25) is 0 Å². The first kappa shape index (κ1) is 21.6. The molecule has 2 N–H and O–H groups in total. The molecule has 1 aliphatic heterocycles. The van der Waals surface area contributed by atoms with E-state index < -0.39 is 5.97 Å². The molecular weight excluding hydrogens is 434 g/mol. The molecule has 0 fully saturated rings. The number of ether oxygens (including phenoxy) is 1. The Bertz CT molecular complexity index is 1110. The number of rotatable bonds is 6. The van der Waals surface area contributed by atoms with Crippen LogP contribution in [0.2, 0.25) is 5.02 Å². The molecule has 2 aromatic carbocycles. The molecule has 3 aromatic rings. The zero-order chi connectivity index (χ0) is 22.0. The van der Waals surface area contributed by atoms with E-state index in [-0.39, 0.29) is 17.5 Å². The molecule has 0 saturated heterocycles. The van der Waals surface area contributed by atoms with Gasteiger partial charge in [-0.2, -0.15) is 0 Å². The molecule has 0 unspecified atom stereocenters. The maximum atomic E-state index is 13.3. The first-order valence-electron chi connectivity index (χ1n) is 10.0. The standard InChI is InChI=1S/C24H22ClNO4S/c1-14(16-4-6-17(7-5-16)24(28)29)26-23(27)22-19-10-11-30-13-21(19)31-20(22)12-15-2-8-18(25)9-3-15/h2-9,14H,10-13H2,1H3,(H,26,27)(H,28,29)/t14-/m0/s1. The van der Waals surface area contributed by atoms with Crippen molar-refractivity contribution in [1.82, 2.24) is 5.32 Å². The number of fused-ring (bicyclic) bond motifs is 1. The quantitative estimate of drug-likeness (QED) is 0.532. The fraction of sp³-hybridized carbons (Fsp3) is 0.250. The van der Waals surface area contributed by atoms with Gasteiger partial charge in [0.1, 0.15) is 0 Å². The molecule has 0 saturated carbocycles. The van der Waals surface area contributed by atoms with Gasteiger partial charge in [0.15, 0.2) is 0 Å². The first-order chi connectivity index (χ1) is 14.9. The summed E-state index contributed by atoms with van der Waals surface area (Å²) >= 11 is 7.64. The summed E-state index contributed by atoms with van der Waals surface area (Å²) in [6.07, 6.45) is 1.37. The van der Waals surface area contributed by atoms with Crippen LogP contribution >= 0.6 is 22.9 Å². The molecule has 5 nitrogen and oxygen atoms in total. The predicted molar refractivity (Wildman–Crippen MR) is 121 cm³/mol. The number of hydrogen-bond acceptors (Lipinski definition) is 4. The van der Waals surface area contributed by atoms with Crippen LogP contribution in [0.3, 0.4) is 0 Å². The van der Waals surface area contributed by atoms with E-state index in [9.17, 15) is 9.59 Å². The van der Waals surface area contributed by atoms with Gasteiger partial charge in [-0.3, -0.25) is 4.79 Å². The number of halogens is 1. The molecule has 0 aliphatic carbocycles. The van der Waals surface area contributed by atoms with E-state index in [0.29, 0.717) is 24.7 Å². The number of carbonyl (C=O) groups excluding carboxylic acids is 1. The second-order valence-electron chi connectivity index (χ2n) is 7.53. The Morgan fingerprint density at radius 1 is 1.16 bits per heavy atom. The molecule has 1 aromatic heterocycles. The van der Waals surface area contributed by atoms with Crippen LogP contribution in [0, 0.1) is 0 Å². The van der Waals surface area contributed by atoms with Gasteiger partial charge in [-0.05, 0) is 54.3 Å². The van der Waals surface area contributed by atoms with Crippen molar-refractivity contribution >= 4 is 34.8 Å². The van der Waals surface area contributed by atoms with E-state index >= 15 is 0 Å². The highest BCUT2D eigenvalue weighted by Crippen LogP contribution is 2.34. The van der Waals surface area contributed by atoms with E-state index in [1.807, 2.05) is 31.2 Å². The molecular formula is C24H22ClNO4S. The lowest BCUT2D eigenvalue weighted by Crippen LogP contribution is -2.28. The Balaban J connectivity index is 1.59. The molecule has 0 radical (unpaired) electrons. The molecule has 4 rings (SSSR count). The molecule has 2 heterocycles. The minimum Gasteiger partial charge on any atom is -0.478 e. The Hall–Kier alpha value is -2.67. The summed E-state index contributed by atoms with van der Waals surface area (Å²) in [7, 11) is 0. The van der Waals surface area contributed by atoms with Crippen LogP contribution in [0.1, 0.15) is 60.1 Å². The van der Waals surface area contributed by atoms with Crippen molar-refractivity contribution in [2.45, 2.75) is 32.4 Å². The largest absolute Gasteiger partial charge is 0.478 e. The zero-order valence-electron chi connectivity index (χ0n) is 17.0. The van der Waals surface area contributed by atoms with Crippen LogP contribution in [0.4, 0.5) is 0 Å². The third-order valence-corrected chi connectivity index (χ3v) is 6.86. The number of hydrogen-bond donors (Lipinski definition) is 2. The molecule has 1 atom stereocenters. The lowest BCUT2D eigenvalue weighted by atomic mass is 9.99. The highest BCUT2D eigenvalue weighted by Gasteiger charge is 2.26. The average molecular weight is 456 g/mol. The Morgan fingerprint density at radius 3 is 2.55 bits per heavy atom. The number of thiophene rings is 1. The van der Waals surface area contributed by atoms with Crippen molar-refractivity contribution in [2.24, 2.45) is 0 Å². The van der Waals surface area contributed by atoms with E-state index in [4.69, 9.17) is 21.4 Å². The fourth-order valence-electron chi connectivity index (χ4n) is 3.73. The maximum absolute atomic E-state index is 13.3. The average Bonchev–Trinajstić information content (AvgIpc) is 3.13. The third kappa shape index (κ3) is 4.82. The fourth-order valence-corrected chi connectivity index (χ4v) is 5.18. The molecule has 0 spiro atoms. The molecule has 1 aliphatic rings. The minimum atomic E-state index is -0.970. The Kier molecular flexibility index (Phi) is 6.41. The molecule has 31 heavy (non-hydrogen) atoms. The van der Waals surface area contributed by atoms with Crippen LogP contribution in [-0.4, -0.2) is 23.6 Å². The molecule has 7 heteroatoms. The summed E-state index contributed by atoms with van der Waals surface area (Å²) in [5.74, 6) is -1.08. The van der Waals surface area contributed by atoms with Crippen molar-refractivity contribution in [1.29, 1.82) is 0 Å². The smallest absolute Gasteiger partial charge is 0.335 e. The number of aromatic carboxylic acids is 1. The van der Waals surface area contributed by atoms with E-state index in [1.165, 1.54) is 0 Å². The summed E-state index contributed by atoms with van der Waals surface area (Å²) < 4.78 is 5.60. The summed E-state index contributed by atoms with van der Waals surface area (Å²) in [5, 5.41) is 12.9. The van der Waals surface area contributed by atoms with Gasteiger partial charge in [0.25, 0.3) is 5.91 Å². The maximum Gasteiger partial charge on any atom is 0.335 e. The summed E-state index contributed by atoms with van der Waals surface area (Å²) in [6, 6.07) is 14.0. The minimum absolute atomic E-state index is 0.113. The lowest BCUT2D eigenvalue weighted by molar-refractivity contribution is 0.0696. The number of carbonyl (C=O) groups is 2. The number of nitrogens with one attached hydrogen (secondary N) is 1. The van der Waals surface area contributed by atoms with Gasteiger partial charge in [-0.25, -0.2) is 4.79 Å². The third-order valence-electron chi connectivity index (χ3n) is 5.40. The summed E-state index contributed by atoms with van der Waals surface area (Å²) in [6.45, 7) is 3.04. The topological polar surface area (TPSA) is 75.6 Å². The van der Waals surface area contributed by atoms with Crippen molar-refractivity contribution in [3.63, 3.8) is 0 Å². The summed E-state index contributed by atoms with van der Waals surface area (Å²) in [5.41, 5.74) is 3.98. The lowest BCUT2D eigenvalue weighted by Gasteiger charge is -2.17. The first-order valence-corrected chi connectivity index (χ1v) is 11.2. The summed E-state index contributed by atoms with van der Waals surface area (Å²) in [4.78, 5) is 26.5. The van der Waals surface area contributed by atoms with Crippen LogP contribution in [0.15, 0.2) is 48.5 Å². The van der Waals surface area contributed by atoms with Crippen LogP contribution in [0.5, 0.6) is 0 Å². The number of amides is 1. The van der Waals surface area contributed by atoms with E-state index in [1.54, 1.807) is 35.6 Å². The molecule has 1 amide bonds. The molecule has 0 bridgehead atoms. The second-order valence-corrected chi connectivity index (χ2v) is 9.16. The predicted octanol–water partition coefficient (Wildman–Crippen LogP) is 5.25. The van der Waals surface area contributed by atoms with Crippen molar-refractivity contribution in [2.75, 3.05) is 6.61 Å². The number of benzene rings is 2. The van der Waals surface area contributed by atoms with Gasteiger partial charge in [-0.15, -0.1) is 11.3 Å². The number of carboxylic acid groups (broad SMARTS) is 1. The van der Waals surface area contributed by atoms with E-state index in [2.05, 4.69) is 5.32 Å². The van der Waals surface area contributed by atoms with Crippen LogP contribution in [-0.2, 0) is 24.2 Å². The normalized spacial score (nSPS) is 14.0. The van der Waals surface area contributed by atoms with Gasteiger partial charge in [0, 0.05) is 21.2 Å². The number of carboxylic acids is 1. The van der Waals surface area contributed by atoms with E-state index in [0.717, 1.165) is 38.4 Å². The monoisotopic (exact) mass is 455 g/mol. The Morgan fingerprint density at radius 2 is 1.87 bits per heavy atom. The highest BCUT2D eigenvalue weighted by atomic mass is 35.5. The SMILES string of the molecule is C[C@H](NC(=O)c1c(Cc2ccc(Cl)cc2)sc2c1CCOC2)c1ccc(C(=O)O)cc1. The van der Waals surface area contributed by atoms with Crippen molar-refractivity contribution < 1.29 is 19.4 Å². The van der Waals surface area contributed by atoms with Crippen molar-refractivity contribution in [3.8, 4) is 0 Å². The van der Waals surface area contributed by atoms with Gasteiger partial charge >= 0.3 is 5.97 Å².